The summed E-state index contributed by atoms with van der Waals surface area (Å²) in [6.45, 7) is 1.51. The van der Waals surface area contributed by atoms with Crippen molar-refractivity contribution in [3.63, 3.8) is 0 Å². The van der Waals surface area contributed by atoms with E-state index in [0.717, 1.165) is 54.6 Å². The molecule has 4 rings (SSSR count). The van der Waals surface area contributed by atoms with Crippen LogP contribution in [-0.4, -0.2) is 18.8 Å². The van der Waals surface area contributed by atoms with Crippen molar-refractivity contribution in [1.29, 1.82) is 0 Å². The first kappa shape index (κ1) is 11.9. The van der Waals surface area contributed by atoms with Gasteiger partial charge in [0, 0.05) is 22.0 Å². The molecular formula is C15H18ClNO2. The van der Waals surface area contributed by atoms with Gasteiger partial charge in [-0.05, 0) is 43.7 Å². The number of halogens is 1. The predicted molar refractivity (Wildman–Crippen MR) is 74.0 cm³/mol. The van der Waals surface area contributed by atoms with Crippen molar-refractivity contribution in [3.8, 4) is 11.5 Å². The molecular weight excluding hydrogens is 262 g/mol. The molecule has 0 atom stereocenters. The largest absolute Gasteiger partial charge is 0.489 e. The van der Waals surface area contributed by atoms with Gasteiger partial charge in [0.15, 0.2) is 11.5 Å². The predicted octanol–water partition coefficient (Wildman–Crippen LogP) is 2.93. The Balaban J connectivity index is 1.63. The molecule has 102 valence electrons. The van der Waals surface area contributed by atoms with Crippen LogP contribution in [-0.2, 0) is 6.42 Å². The lowest BCUT2D eigenvalue weighted by molar-refractivity contribution is 0.197. The normalized spacial score (nSPS) is 24.9. The third-order valence-corrected chi connectivity index (χ3v) is 4.92. The van der Waals surface area contributed by atoms with Crippen LogP contribution in [0.25, 0.3) is 0 Å². The van der Waals surface area contributed by atoms with Crippen LogP contribution in [0.2, 0.25) is 5.02 Å². The fourth-order valence-corrected chi connectivity index (χ4v) is 2.84. The van der Waals surface area contributed by atoms with Gasteiger partial charge < -0.3 is 15.2 Å². The Labute approximate surface area is 118 Å². The highest BCUT2D eigenvalue weighted by Gasteiger charge is 2.46. The standard InChI is InChI=1S/C15H18ClNO2/c16-11-6-13-12(5-10(11)7-15(17)3-4-15)18-8-14(1-2-14)9-19-13/h5-6H,1-4,7-9,17H2. The summed E-state index contributed by atoms with van der Waals surface area (Å²) in [6.07, 6.45) is 5.40. The molecule has 2 saturated carbocycles. The summed E-state index contributed by atoms with van der Waals surface area (Å²) in [7, 11) is 0. The topological polar surface area (TPSA) is 44.5 Å². The summed E-state index contributed by atoms with van der Waals surface area (Å²) in [5.41, 5.74) is 7.48. The van der Waals surface area contributed by atoms with Crippen LogP contribution in [0.3, 0.4) is 0 Å². The molecule has 0 unspecified atom stereocenters. The molecule has 1 heterocycles. The van der Waals surface area contributed by atoms with E-state index in [-0.39, 0.29) is 11.0 Å². The maximum Gasteiger partial charge on any atom is 0.162 e. The summed E-state index contributed by atoms with van der Waals surface area (Å²) >= 11 is 6.34. The Morgan fingerprint density at radius 1 is 1.05 bits per heavy atom. The van der Waals surface area contributed by atoms with Crippen LogP contribution >= 0.6 is 11.6 Å². The van der Waals surface area contributed by atoms with E-state index in [0.29, 0.717) is 0 Å². The minimum atomic E-state index is -0.0405. The van der Waals surface area contributed by atoms with E-state index in [1.165, 1.54) is 12.8 Å². The first-order valence-corrected chi connectivity index (χ1v) is 7.32. The molecule has 1 spiro atoms. The first-order chi connectivity index (χ1) is 9.08. The highest BCUT2D eigenvalue weighted by molar-refractivity contribution is 6.31. The molecule has 0 aromatic heterocycles. The summed E-state index contributed by atoms with van der Waals surface area (Å²) < 4.78 is 11.8. The molecule has 1 aromatic rings. The van der Waals surface area contributed by atoms with Gasteiger partial charge in [0.2, 0.25) is 0 Å². The summed E-state index contributed by atoms with van der Waals surface area (Å²) in [5.74, 6) is 1.60. The van der Waals surface area contributed by atoms with Crippen molar-refractivity contribution in [1.82, 2.24) is 0 Å². The maximum atomic E-state index is 6.34. The number of nitrogens with two attached hydrogens (primary N) is 1. The fraction of sp³-hybridized carbons (Fsp3) is 0.600. The Kier molecular flexibility index (Phi) is 2.37. The average Bonchev–Trinajstić information content (AvgIpc) is 3.27. The van der Waals surface area contributed by atoms with E-state index in [1.807, 2.05) is 12.1 Å². The van der Waals surface area contributed by atoms with Crippen LogP contribution in [0.4, 0.5) is 0 Å². The molecule has 0 saturated heterocycles. The van der Waals surface area contributed by atoms with Crippen LogP contribution < -0.4 is 15.2 Å². The molecule has 0 bridgehead atoms. The lowest BCUT2D eigenvalue weighted by Crippen LogP contribution is -2.24. The molecule has 0 radical (unpaired) electrons. The van der Waals surface area contributed by atoms with E-state index in [4.69, 9.17) is 26.8 Å². The Bertz CT molecular complexity index is 535. The molecule has 19 heavy (non-hydrogen) atoms. The van der Waals surface area contributed by atoms with Gasteiger partial charge in [-0.3, -0.25) is 0 Å². The molecule has 1 aromatic carbocycles. The van der Waals surface area contributed by atoms with Crippen molar-refractivity contribution >= 4 is 11.6 Å². The monoisotopic (exact) mass is 279 g/mol. The summed E-state index contributed by atoms with van der Waals surface area (Å²) in [4.78, 5) is 0. The van der Waals surface area contributed by atoms with Gasteiger partial charge in [0.05, 0.1) is 13.2 Å². The smallest absolute Gasteiger partial charge is 0.162 e. The first-order valence-electron chi connectivity index (χ1n) is 6.95. The summed E-state index contributed by atoms with van der Waals surface area (Å²) in [6, 6.07) is 3.91. The second kappa shape index (κ2) is 3.80. The second-order valence-corrected chi connectivity index (χ2v) is 6.91. The SMILES string of the molecule is NC1(Cc2cc3c(cc2Cl)OCC2(CC2)CO3)CC1. The van der Waals surface area contributed by atoms with Crippen LogP contribution in [0.5, 0.6) is 11.5 Å². The molecule has 2 aliphatic carbocycles. The zero-order valence-corrected chi connectivity index (χ0v) is 11.6. The molecule has 3 nitrogen and oxygen atoms in total. The minimum absolute atomic E-state index is 0.0405. The van der Waals surface area contributed by atoms with Crippen molar-refractivity contribution < 1.29 is 9.47 Å². The van der Waals surface area contributed by atoms with Crippen molar-refractivity contribution in [2.24, 2.45) is 11.1 Å². The zero-order chi connectivity index (χ0) is 13.1. The number of hydrogen-bond acceptors (Lipinski definition) is 3. The molecule has 1 aliphatic heterocycles. The van der Waals surface area contributed by atoms with Gasteiger partial charge >= 0.3 is 0 Å². The van der Waals surface area contributed by atoms with E-state index in [2.05, 4.69) is 0 Å². The number of ether oxygens (including phenoxy) is 2. The second-order valence-electron chi connectivity index (χ2n) is 6.51. The van der Waals surface area contributed by atoms with Crippen LogP contribution in [0.1, 0.15) is 31.2 Å². The molecule has 4 heteroatoms. The van der Waals surface area contributed by atoms with Gasteiger partial charge in [-0.25, -0.2) is 0 Å². The Hall–Kier alpha value is -0.930. The number of benzene rings is 1. The fourth-order valence-electron chi connectivity index (χ4n) is 2.62. The minimum Gasteiger partial charge on any atom is -0.489 e. The van der Waals surface area contributed by atoms with Crippen molar-refractivity contribution in [3.05, 3.63) is 22.7 Å². The van der Waals surface area contributed by atoms with Gasteiger partial charge in [0.25, 0.3) is 0 Å². The van der Waals surface area contributed by atoms with E-state index >= 15 is 0 Å². The molecule has 2 fully saturated rings. The van der Waals surface area contributed by atoms with Crippen LogP contribution in [0, 0.1) is 5.41 Å². The van der Waals surface area contributed by atoms with Gasteiger partial charge in [-0.15, -0.1) is 0 Å². The van der Waals surface area contributed by atoms with E-state index < -0.39 is 0 Å². The third-order valence-electron chi connectivity index (χ3n) is 4.57. The van der Waals surface area contributed by atoms with Crippen LogP contribution in [0.15, 0.2) is 12.1 Å². The van der Waals surface area contributed by atoms with E-state index in [9.17, 15) is 0 Å². The summed E-state index contributed by atoms with van der Waals surface area (Å²) in [5, 5.41) is 0.742. The van der Waals surface area contributed by atoms with Crippen molar-refractivity contribution in [2.45, 2.75) is 37.6 Å². The molecule has 3 aliphatic rings. The lowest BCUT2D eigenvalue weighted by Gasteiger charge is -2.14. The highest BCUT2D eigenvalue weighted by atomic mass is 35.5. The number of rotatable bonds is 2. The maximum absolute atomic E-state index is 6.34. The van der Waals surface area contributed by atoms with E-state index in [1.54, 1.807) is 0 Å². The average molecular weight is 280 g/mol. The zero-order valence-electron chi connectivity index (χ0n) is 10.9. The Morgan fingerprint density at radius 2 is 1.68 bits per heavy atom. The third kappa shape index (κ3) is 2.19. The van der Waals surface area contributed by atoms with Gasteiger partial charge in [-0.1, -0.05) is 11.6 Å². The molecule has 2 N–H and O–H groups in total. The van der Waals surface area contributed by atoms with Gasteiger partial charge in [-0.2, -0.15) is 0 Å². The lowest BCUT2D eigenvalue weighted by atomic mass is 10.0. The van der Waals surface area contributed by atoms with Crippen molar-refractivity contribution in [2.75, 3.05) is 13.2 Å². The Morgan fingerprint density at radius 3 is 2.26 bits per heavy atom. The number of fused-ring (bicyclic) bond motifs is 1. The quantitative estimate of drug-likeness (QED) is 0.905. The number of hydrogen-bond donors (Lipinski definition) is 1. The van der Waals surface area contributed by atoms with Gasteiger partial charge in [0.1, 0.15) is 0 Å². The molecule has 0 amide bonds. The highest BCUT2D eigenvalue weighted by Crippen LogP contribution is 2.50.